The number of hydrogen-bond acceptors (Lipinski definition) is 8. The van der Waals surface area contributed by atoms with E-state index < -0.39 is 17.9 Å². The number of fused-ring (bicyclic) bond motifs is 2. The molecule has 0 amide bonds. The molecule has 0 saturated heterocycles. The number of nitrogens with one attached hydrogen (secondary N) is 1. The number of ether oxygens (including phenoxy) is 1. The van der Waals surface area contributed by atoms with Gasteiger partial charge in [-0.3, -0.25) is 0 Å². The van der Waals surface area contributed by atoms with E-state index in [1.54, 1.807) is 6.20 Å². The minimum Gasteiger partial charge on any atom is -0.361 e. The maximum atomic E-state index is 12.1. The quantitative estimate of drug-likeness (QED) is 0.248. The van der Waals surface area contributed by atoms with Crippen LogP contribution in [0.3, 0.4) is 0 Å². The zero-order valence-corrected chi connectivity index (χ0v) is 22.3. The predicted octanol–water partition coefficient (Wildman–Crippen LogP) is 3.56. The molecule has 1 N–H and O–H groups in total. The van der Waals surface area contributed by atoms with Gasteiger partial charge in [-0.1, -0.05) is 31.8 Å². The molecular formula is C20H26BrN7O3SSi. The minimum atomic E-state index is -3.61. The van der Waals surface area contributed by atoms with Crippen molar-refractivity contribution < 1.29 is 13.2 Å². The Kier molecular flexibility index (Phi) is 6.58. The van der Waals surface area contributed by atoms with Crippen LogP contribution in [0.5, 0.6) is 0 Å². The van der Waals surface area contributed by atoms with E-state index in [2.05, 4.69) is 56.0 Å². The van der Waals surface area contributed by atoms with Gasteiger partial charge in [-0.05, 0) is 34.1 Å². The van der Waals surface area contributed by atoms with Gasteiger partial charge in [0.05, 0.1) is 28.2 Å². The van der Waals surface area contributed by atoms with E-state index in [0.29, 0.717) is 30.0 Å². The summed E-state index contributed by atoms with van der Waals surface area (Å²) in [6, 6.07) is 8.94. The second-order valence-corrected chi connectivity index (χ2v) is 17.4. The summed E-state index contributed by atoms with van der Waals surface area (Å²) in [5.41, 5.74) is 2.18. The number of aromatic nitrogens is 6. The molecule has 0 radical (unpaired) electrons. The van der Waals surface area contributed by atoms with Crippen LogP contribution in [0, 0.1) is 0 Å². The first-order valence-electron chi connectivity index (χ1n) is 10.4. The molecule has 176 valence electrons. The SMILES string of the molecule is C[Si](C)(C)CCOCn1c(CNc2nc(S(C)(=O)=O)nc3c(Br)cnn23)nc2ccccc21. The summed E-state index contributed by atoms with van der Waals surface area (Å²) in [4.78, 5) is 13.1. The smallest absolute Gasteiger partial charge is 0.252 e. The van der Waals surface area contributed by atoms with Gasteiger partial charge in [0.25, 0.3) is 5.16 Å². The molecule has 0 saturated carbocycles. The summed E-state index contributed by atoms with van der Waals surface area (Å²) in [7, 11) is -4.80. The third-order valence-electron chi connectivity index (χ3n) is 4.99. The Balaban J connectivity index is 1.63. The number of imidazole rings is 1. The van der Waals surface area contributed by atoms with Crippen molar-refractivity contribution >= 4 is 56.5 Å². The number of para-hydroxylation sites is 2. The fraction of sp³-hybridized carbons (Fsp3) is 0.400. The lowest BCUT2D eigenvalue weighted by molar-refractivity contribution is 0.0880. The summed E-state index contributed by atoms with van der Waals surface area (Å²) in [5.74, 6) is 0.993. The first kappa shape index (κ1) is 23.8. The number of rotatable bonds is 9. The van der Waals surface area contributed by atoms with Crippen molar-refractivity contribution in [1.82, 2.24) is 29.1 Å². The van der Waals surface area contributed by atoms with E-state index in [1.165, 1.54) is 4.52 Å². The fourth-order valence-corrected chi connectivity index (χ4v) is 4.82. The topological polar surface area (TPSA) is 116 Å². The van der Waals surface area contributed by atoms with Crippen LogP contribution in [0.4, 0.5) is 5.95 Å². The molecule has 0 aliphatic rings. The molecule has 10 nitrogen and oxygen atoms in total. The Morgan fingerprint density at radius 3 is 2.64 bits per heavy atom. The molecule has 4 rings (SSSR count). The Morgan fingerprint density at radius 1 is 1.15 bits per heavy atom. The van der Waals surface area contributed by atoms with Gasteiger partial charge in [-0.25, -0.2) is 13.4 Å². The van der Waals surface area contributed by atoms with Crippen LogP contribution in [-0.4, -0.2) is 58.5 Å². The predicted molar refractivity (Wildman–Crippen MR) is 133 cm³/mol. The molecule has 3 aromatic heterocycles. The van der Waals surface area contributed by atoms with Gasteiger partial charge in [0.2, 0.25) is 15.8 Å². The summed E-state index contributed by atoms with van der Waals surface area (Å²) in [6.45, 7) is 8.32. The van der Waals surface area contributed by atoms with Gasteiger partial charge in [0.1, 0.15) is 12.6 Å². The summed E-state index contributed by atoms with van der Waals surface area (Å²) in [6.07, 6.45) is 2.62. The third-order valence-corrected chi connectivity index (χ3v) is 8.10. The minimum absolute atomic E-state index is 0.254. The van der Waals surface area contributed by atoms with Crippen LogP contribution in [0.15, 0.2) is 40.1 Å². The van der Waals surface area contributed by atoms with Crippen molar-refractivity contribution in [3.05, 3.63) is 40.8 Å². The molecule has 4 aromatic rings. The Labute approximate surface area is 201 Å². The highest BCUT2D eigenvalue weighted by Gasteiger charge is 2.19. The van der Waals surface area contributed by atoms with Crippen molar-refractivity contribution in [2.24, 2.45) is 0 Å². The average molecular weight is 553 g/mol. The van der Waals surface area contributed by atoms with E-state index in [4.69, 9.17) is 9.72 Å². The standard InChI is InChI=1S/C20H26BrN7O3SSi/c1-32(29,30)20-25-18-14(21)11-23-28(18)19(26-20)22-12-17-24-15-7-5-6-8-16(15)27(17)13-31-9-10-33(2,3)4/h5-8,11H,9-10,12-13H2,1-4H3,(H,22,25,26). The van der Waals surface area contributed by atoms with E-state index in [0.717, 1.165) is 29.2 Å². The molecule has 3 heterocycles. The fourth-order valence-electron chi connectivity index (χ4n) is 3.21. The second kappa shape index (κ2) is 9.12. The molecule has 0 bridgehead atoms. The maximum Gasteiger partial charge on any atom is 0.252 e. The van der Waals surface area contributed by atoms with Gasteiger partial charge >= 0.3 is 0 Å². The van der Waals surface area contributed by atoms with Crippen molar-refractivity contribution in [3.8, 4) is 0 Å². The van der Waals surface area contributed by atoms with Crippen LogP contribution < -0.4 is 5.32 Å². The van der Waals surface area contributed by atoms with Crippen LogP contribution in [0.1, 0.15) is 5.82 Å². The Bertz CT molecular complexity index is 1410. The van der Waals surface area contributed by atoms with Gasteiger partial charge < -0.3 is 14.6 Å². The zero-order valence-electron chi connectivity index (χ0n) is 18.9. The lowest BCUT2D eigenvalue weighted by Crippen LogP contribution is -2.22. The third kappa shape index (κ3) is 5.42. The van der Waals surface area contributed by atoms with E-state index in [-0.39, 0.29) is 11.1 Å². The molecule has 0 aliphatic heterocycles. The van der Waals surface area contributed by atoms with Crippen molar-refractivity contribution in [2.45, 2.75) is 44.1 Å². The number of hydrogen-bond donors (Lipinski definition) is 1. The number of benzene rings is 1. The summed E-state index contributed by atoms with van der Waals surface area (Å²) < 4.78 is 34.2. The second-order valence-electron chi connectivity index (χ2n) is 8.98. The van der Waals surface area contributed by atoms with Crippen LogP contribution >= 0.6 is 15.9 Å². The first-order valence-corrected chi connectivity index (χ1v) is 16.8. The molecule has 0 fully saturated rings. The van der Waals surface area contributed by atoms with Gasteiger partial charge in [-0.2, -0.15) is 19.6 Å². The first-order chi connectivity index (χ1) is 15.5. The highest BCUT2D eigenvalue weighted by atomic mass is 79.9. The van der Waals surface area contributed by atoms with E-state index in [1.807, 2.05) is 28.8 Å². The van der Waals surface area contributed by atoms with E-state index >= 15 is 0 Å². The van der Waals surface area contributed by atoms with E-state index in [9.17, 15) is 8.42 Å². The number of halogens is 1. The normalized spacial score (nSPS) is 12.6. The zero-order chi connectivity index (χ0) is 23.8. The number of anilines is 1. The Morgan fingerprint density at radius 2 is 1.91 bits per heavy atom. The number of sulfone groups is 1. The maximum absolute atomic E-state index is 12.1. The van der Waals surface area contributed by atoms with Crippen molar-refractivity contribution in [2.75, 3.05) is 18.2 Å². The molecular weight excluding hydrogens is 526 g/mol. The summed E-state index contributed by atoms with van der Waals surface area (Å²) >= 11 is 3.36. The molecule has 0 unspecified atom stereocenters. The molecule has 1 aromatic carbocycles. The largest absolute Gasteiger partial charge is 0.361 e. The Hall–Kier alpha value is -2.35. The van der Waals surface area contributed by atoms with Crippen LogP contribution in [0.25, 0.3) is 16.7 Å². The van der Waals surface area contributed by atoms with Crippen molar-refractivity contribution in [1.29, 1.82) is 0 Å². The van der Waals surface area contributed by atoms with Crippen LogP contribution in [-0.2, 0) is 27.8 Å². The molecule has 13 heteroatoms. The van der Waals surface area contributed by atoms with Crippen molar-refractivity contribution in [3.63, 3.8) is 0 Å². The van der Waals surface area contributed by atoms with Gasteiger partial charge in [0, 0.05) is 20.9 Å². The highest BCUT2D eigenvalue weighted by Crippen LogP contribution is 2.21. The molecule has 33 heavy (non-hydrogen) atoms. The summed E-state index contributed by atoms with van der Waals surface area (Å²) in [5, 5.41) is 7.14. The van der Waals surface area contributed by atoms with Crippen LogP contribution in [0.2, 0.25) is 25.7 Å². The molecule has 0 atom stereocenters. The average Bonchev–Trinajstić information content (AvgIpc) is 3.28. The lowest BCUT2D eigenvalue weighted by atomic mass is 10.3. The molecule has 0 spiro atoms. The van der Waals surface area contributed by atoms with Gasteiger partial charge in [-0.15, -0.1) is 0 Å². The molecule has 0 aliphatic carbocycles. The highest BCUT2D eigenvalue weighted by molar-refractivity contribution is 9.10. The van der Waals surface area contributed by atoms with Gasteiger partial charge in [0.15, 0.2) is 5.65 Å². The number of nitrogens with zero attached hydrogens (tertiary/aromatic N) is 6. The monoisotopic (exact) mass is 551 g/mol. The lowest BCUT2D eigenvalue weighted by Gasteiger charge is -2.16.